The molecule has 0 heterocycles. The zero-order chi connectivity index (χ0) is 18.4. The minimum Gasteiger partial charge on any atom is -0.489 e. The van der Waals surface area contributed by atoms with Crippen LogP contribution in [-0.4, -0.2) is 19.1 Å². The summed E-state index contributed by atoms with van der Waals surface area (Å²) in [5.74, 6) is 1.12. The van der Waals surface area contributed by atoms with E-state index in [4.69, 9.17) is 9.47 Å². The van der Waals surface area contributed by atoms with Crippen molar-refractivity contribution in [3.05, 3.63) is 78.9 Å². The van der Waals surface area contributed by atoms with Crippen molar-refractivity contribution >= 4 is 22.4 Å². The fourth-order valence-corrected chi connectivity index (χ4v) is 2.47. The van der Waals surface area contributed by atoms with E-state index in [0.717, 1.165) is 16.3 Å². The van der Waals surface area contributed by atoms with Crippen LogP contribution in [0.2, 0.25) is 0 Å². The molecule has 0 aliphatic rings. The minimum atomic E-state index is -0.227. The maximum atomic E-state index is 12.1. The van der Waals surface area contributed by atoms with Gasteiger partial charge in [-0.2, -0.15) is 0 Å². The number of hydrogen-bond donors (Lipinski definition) is 1. The molecular weight excluding hydrogens is 326 g/mol. The van der Waals surface area contributed by atoms with Gasteiger partial charge in [-0.05, 0) is 47.5 Å². The molecule has 3 rings (SSSR count). The summed E-state index contributed by atoms with van der Waals surface area (Å²) in [6.45, 7) is 6.09. The van der Waals surface area contributed by atoms with Crippen molar-refractivity contribution in [2.45, 2.75) is 6.92 Å². The molecule has 4 nitrogen and oxygen atoms in total. The predicted molar refractivity (Wildman–Crippen MR) is 105 cm³/mol. The summed E-state index contributed by atoms with van der Waals surface area (Å²) in [5.41, 5.74) is 1.60. The van der Waals surface area contributed by atoms with Crippen LogP contribution in [0.25, 0.3) is 10.8 Å². The largest absolute Gasteiger partial charge is 0.489 e. The van der Waals surface area contributed by atoms with Crippen molar-refractivity contribution in [1.82, 2.24) is 0 Å². The van der Waals surface area contributed by atoms with Gasteiger partial charge in [-0.1, -0.05) is 43.0 Å². The number of hydrogen-bond acceptors (Lipinski definition) is 3. The molecule has 3 aromatic rings. The van der Waals surface area contributed by atoms with E-state index in [1.54, 1.807) is 6.07 Å². The zero-order valence-corrected chi connectivity index (χ0v) is 14.7. The van der Waals surface area contributed by atoms with Gasteiger partial charge in [0.25, 0.3) is 5.91 Å². The van der Waals surface area contributed by atoms with Crippen LogP contribution in [0.15, 0.2) is 78.9 Å². The fraction of sp³-hybridized carbons (Fsp3) is 0.136. The van der Waals surface area contributed by atoms with E-state index in [1.165, 1.54) is 0 Å². The Bertz CT molecular complexity index is 933. The van der Waals surface area contributed by atoms with Gasteiger partial charge < -0.3 is 14.8 Å². The number of benzene rings is 3. The molecule has 0 saturated carbocycles. The smallest absolute Gasteiger partial charge is 0.262 e. The molecule has 0 aliphatic carbocycles. The quantitative estimate of drug-likeness (QED) is 0.624. The molecule has 1 amide bonds. The lowest BCUT2D eigenvalue weighted by molar-refractivity contribution is -0.118. The number of carbonyl (C=O) groups is 1. The van der Waals surface area contributed by atoms with Crippen molar-refractivity contribution in [2.75, 3.05) is 18.5 Å². The van der Waals surface area contributed by atoms with Gasteiger partial charge in [0.2, 0.25) is 0 Å². The van der Waals surface area contributed by atoms with Crippen LogP contribution in [0.5, 0.6) is 11.5 Å². The predicted octanol–water partition coefficient (Wildman–Crippen LogP) is 4.81. The van der Waals surface area contributed by atoms with Gasteiger partial charge in [0.1, 0.15) is 18.1 Å². The first kappa shape index (κ1) is 17.5. The second kappa shape index (κ2) is 8.21. The fourth-order valence-electron chi connectivity index (χ4n) is 2.47. The summed E-state index contributed by atoms with van der Waals surface area (Å²) in [6.07, 6.45) is 0. The molecule has 3 aromatic carbocycles. The van der Waals surface area contributed by atoms with Gasteiger partial charge in [-0.3, -0.25) is 4.79 Å². The first-order chi connectivity index (χ1) is 12.6. The Balaban J connectivity index is 1.56. The maximum absolute atomic E-state index is 12.1. The van der Waals surface area contributed by atoms with Gasteiger partial charge in [-0.15, -0.1) is 0 Å². The molecule has 0 spiro atoms. The van der Waals surface area contributed by atoms with Crippen LogP contribution >= 0.6 is 0 Å². The number of fused-ring (bicyclic) bond motifs is 1. The Morgan fingerprint density at radius 1 is 0.885 bits per heavy atom. The highest BCUT2D eigenvalue weighted by Gasteiger charge is 2.05. The van der Waals surface area contributed by atoms with E-state index in [-0.39, 0.29) is 12.5 Å². The molecule has 4 heteroatoms. The molecule has 132 valence electrons. The summed E-state index contributed by atoms with van der Waals surface area (Å²) in [6, 6.07) is 21.0. The highest BCUT2D eigenvalue weighted by Crippen LogP contribution is 2.21. The Hall–Kier alpha value is -3.27. The van der Waals surface area contributed by atoms with Crippen LogP contribution in [0.1, 0.15) is 6.92 Å². The number of anilines is 1. The lowest BCUT2D eigenvalue weighted by Gasteiger charge is -2.10. The van der Waals surface area contributed by atoms with Crippen molar-refractivity contribution in [2.24, 2.45) is 0 Å². The third-order valence-corrected chi connectivity index (χ3v) is 3.69. The van der Waals surface area contributed by atoms with Crippen LogP contribution < -0.4 is 14.8 Å². The third kappa shape index (κ3) is 4.86. The number of ether oxygens (including phenoxy) is 2. The molecule has 0 fully saturated rings. The number of nitrogens with one attached hydrogen (secondary N) is 1. The molecule has 1 N–H and O–H groups in total. The van der Waals surface area contributed by atoms with Crippen LogP contribution in [0, 0.1) is 0 Å². The molecule has 0 atom stereocenters. The van der Waals surface area contributed by atoms with Gasteiger partial charge in [0, 0.05) is 11.8 Å². The summed E-state index contributed by atoms with van der Waals surface area (Å²) in [5, 5.41) is 5.02. The zero-order valence-electron chi connectivity index (χ0n) is 14.7. The van der Waals surface area contributed by atoms with Gasteiger partial charge >= 0.3 is 0 Å². The topological polar surface area (TPSA) is 47.6 Å². The molecule has 26 heavy (non-hydrogen) atoms. The van der Waals surface area contributed by atoms with E-state index in [9.17, 15) is 4.79 Å². The number of amides is 1. The standard InChI is InChI=1S/C22H21NO3/c1-16(2)14-25-20-9-5-8-19(13-20)23-22(24)15-26-21-11-10-17-6-3-4-7-18(17)12-21/h3-13H,1,14-15H2,2H3,(H,23,24). The molecule has 0 bridgehead atoms. The van der Waals surface area contributed by atoms with Crippen molar-refractivity contribution in [1.29, 1.82) is 0 Å². The lowest BCUT2D eigenvalue weighted by atomic mass is 10.1. The summed E-state index contributed by atoms with van der Waals surface area (Å²) < 4.78 is 11.2. The van der Waals surface area contributed by atoms with Crippen molar-refractivity contribution in [3.8, 4) is 11.5 Å². The third-order valence-electron chi connectivity index (χ3n) is 3.69. The van der Waals surface area contributed by atoms with Gasteiger partial charge in [0.15, 0.2) is 6.61 Å². The summed E-state index contributed by atoms with van der Waals surface area (Å²) in [7, 11) is 0. The average molecular weight is 347 g/mol. The van der Waals surface area contributed by atoms with E-state index < -0.39 is 0 Å². The van der Waals surface area contributed by atoms with Crippen LogP contribution in [0.3, 0.4) is 0 Å². The second-order valence-electron chi connectivity index (χ2n) is 6.12. The molecular formula is C22H21NO3. The molecule has 0 aliphatic heterocycles. The summed E-state index contributed by atoms with van der Waals surface area (Å²) >= 11 is 0. The van der Waals surface area contributed by atoms with Crippen LogP contribution in [-0.2, 0) is 4.79 Å². The van der Waals surface area contributed by atoms with Gasteiger partial charge in [0.05, 0.1) is 0 Å². The van der Waals surface area contributed by atoms with Crippen molar-refractivity contribution < 1.29 is 14.3 Å². The Morgan fingerprint density at radius 3 is 2.42 bits per heavy atom. The SMILES string of the molecule is C=C(C)COc1cccc(NC(=O)COc2ccc3ccccc3c2)c1. The normalized spacial score (nSPS) is 10.3. The number of carbonyl (C=O) groups excluding carboxylic acids is 1. The van der Waals surface area contributed by atoms with Crippen molar-refractivity contribution in [3.63, 3.8) is 0 Å². The van der Waals surface area contributed by atoms with E-state index in [0.29, 0.717) is 23.8 Å². The van der Waals surface area contributed by atoms with Gasteiger partial charge in [-0.25, -0.2) is 0 Å². The minimum absolute atomic E-state index is 0.0603. The molecule has 0 unspecified atom stereocenters. The Kier molecular flexibility index (Phi) is 5.54. The molecule has 0 aromatic heterocycles. The molecule has 0 saturated heterocycles. The lowest BCUT2D eigenvalue weighted by Crippen LogP contribution is -2.20. The maximum Gasteiger partial charge on any atom is 0.262 e. The van der Waals surface area contributed by atoms with Crippen LogP contribution in [0.4, 0.5) is 5.69 Å². The highest BCUT2D eigenvalue weighted by molar-refractivity contribution is 5.92. The van der Waals surface area contributed by atoms with E-state index in [1.807, 2.05) is 67.6 Å². The first-order valence-corrected chi connectivity index (χ1v) is 8.39. The summed E-state index contributed by atoms with van der Waals surface area (Å²) in [4.78, 5) is 12.1. The Morgan fingerprint density at radius 2 is 1.62 bits per heavy atom. The monoisotopic (exact) mass is 347 g/mol. The second-order valence-corrected chi connectivity index (χ2v) is 6.12. The first-order valence-electron chi connectivity index (χ1n) is 8.39. The van der Waals surface area contributed by atoms with E-state index in [2.05, 4.69) is 11.9 Å². The highest BCUT2D eigenvalue weighted by atomic mass is 16.5. The van der Waals surface area contributed by atoms with E-state index >= 15 is 0 Å². The average Bonchev–Trinajstić information content (AvgIpc) is 2.65. The number of rotatable bonds is 7. The Labute approximate surface area is 153 Å². The molecule has 0 radical (unpaired) electrons.